The molecule has 5 nitrogen and oxygen atoms in total. The van der Waals surface area contributed by atoms with Crippen LogP contribution in [0.15, 0.2) is 70.9 Å². The molecule has 3 aromatic rings. The van der Waals surface area contributed by atoms with E-state index in [1.165, 1.54) is 0 Å². The third-order valence-electron chi connectivity index (χ3n) is 3.74. The maximum absolute atomic E-state index is 12.4. The molecule has 4 rings (SSSR count). The van der Waals surface area contributed by atoms with Gasteiger partial charge >= 0.3 is 0 Å². The Kier molecular flexibility index (Phi) is 3.24. The van der Waals surface area contributed by atoms with Gasteiger partial charge in [-0.25, -0.2) is 0 Å². The highest BCUT2D eigenvalue weighted by molar-refractivity contribution is 5.98. The minimum Gasteiger partial charge on any atom is -0.351 e. The molecule has 2 aromatic carbocycles. The lowest BCUT2D eigenvalue weighted by Gasteiger charge is -2.07. The SMILES string of the molecule is O=C(NC1C=Cc2ccccc2N=N1)c1cc2ccccc2[nH]1. The van der Waals surface area contributed by atoms with Crippen LogP contribution in [0, 0.1) is 0 Å². The third kappa shape index (κ3) is 2.64. The molecule has 23 heavy (non-hydrogen) atoms. The lowest BCUT2D eigenvalue weighted by atomic mass is 10.1. The molecule has 0 fully saturated rings. The highest BCUT2D eigenvalue weighted by Crippen LogP contribution is 2.23. The number of hydrogen-bond acceptors (Lipinski definition) is 3. The number of para-hydroxylation sites is 1. The largest absolute Gasteiger partial charge is 0.351 e. The number of nitrogens with one attached hydrogen (secondary N) is 2. The monoisotopic (exact) mass is 302 g/mol. The van der Waals surface area contributed by atoms with Crippen molar-refractivity contribution in [1.82, 2.24) is 10.3 Å². The highest BCUT2D eigenvalue weighted by Gasteiger charge is 2.14. The molecule has 0 aliphatic carbocycles. The minimum atomic E-state index is -0.485. The van der Waals surface area contributed by atoms with Crippen molar-refractivity contribution >= 4 is 28.6 Å². The van der Waals surface area contributed by atoms with E-state index in [1.807, 2.05) is 66.7 Å². The van der Waals surface area contributed by atoms with Gasteiger partial charge in [0.15, 0.2) is 6.17 Å². The predicted octanol–water partition coefficient (Wildman–Crippen LogP) is 4.03. The van der Waals surface area contributed by atoms with Gasteiger partial charge in [0.05, 0.1) is 5.69 Å². The van der Waals surface area contributed by atoms with Crippen LogP contribution in [-0.2, 0) is 0 Å². The van der Waals surface area contributed by atoms with Crippen molar-refractivity contribution in [2.24, 2.45) is 10.2 Å². The zero-order valence-corrected chi connectivity index (χ0v) is 12.2. The lowest BCUT2D eigenvalue weighted by molar-refractivity contribution is 0.0940. The second kappa shape index (κ2) is 5.53. The molecule has 2 N–H and O–H groups in total. The molecule has 1 aliphatic rings. The molecule has 0 saturated heterocycles. The molecule has 0 radical (unpaired) electrons. The van der Waals surface area contributed by atoms with Crippen LogP contribution in [0.3, 0.4) is 0 Å². The van der Waals surface area contributed by atoms with Crippen LogP contribution in [-0.4, -0.2) is 17.1 Å². The Labute approximate surface area is 132 Å². The van der Waals surface area contributed by atoms with E-state index in [2.05, 4.69) is 20.5 Å². The average Bonchev–Trinajstić information content (AvgIpc) is 2.92. The maximum atomic E-state index is 12.4. The number of H-pyrrole nitrogens is 1. The van der Waals surface area contributed by atoms with Gasteiger partial charge in [-0.15, -0.1) is 0 Å². The summed E-state index contributed by atoms with van der Waals surface area (Å²) in [5.41, 5.74) is 3.23. The number of rotatable bonds is 2. The molecule has 0 saturated carbocycles. The highest BCUT2D eigenvalue weighted by atomic mass is 16.2. The average molecular weight is 302 g/mol. The zero-order valence-electron chi connectivity index (χ0n) is 12.2. The fraction of sp³-hybridized carbons (Fsp3) is 0.0556. The summed E-state index contributed by atoms with van der Waals surface area (Å²) in [6.45, 7) is 0. The molecular weight excluding hydrogens is 288 g/mol. The summed E-state index contributed by atoms with van der Waals surface area (Å²) in [7, 11) is 0. The number of aromatic amines is 1. The quantitative estimate of drug-likeness (QED) is 0.737. The minimum absolute atomic E-state index is 0.208. The summed E-state index contributed by atoms with van der Waals surface area (Å²) >= 11 is 0. The summed E-state index contributed by atoms with van der Waals surface area (Å²) in [6, 6.07) is 17.3. The number of aromatic nitrogens is 1. The van der Waals surface area contributed by atoms with Crippen LogP contribution in [0.25, 0.3) is 17.0 Å². The van der Waals surface area contributed by atoms with Gasteiger partial charge < -0.3 is 10.3 Å². The number of fused-ring (bicyclic) bond motifs is 2. The first kappa shape index (κ1) is 13.5. The van der Waals surface area contributed by atoms with Crippen LogP contribution in [0.5, 0.6) is 0 Å². The summed E-state index contributed by atoms with van der Waals surface area (Å²) in [5, 5.41) is 12.2. The van der Waals surface area contributed by atoms with Gasteiger partial charge in [0, 0.05) is 16.5 Å². The number of benzene rings is 2. The van der Waals surface area contributed by atoms with Crippen LogP contribution < -0.4 is 5.32 Å². The van der Waals surface area contributed by atoms with Crippen LogP contribution >= 0.6 is 0 Å². The number of azo groups is 1. The molecule has 1 aliphatic heterocycles. The van der Waals surface area contributed by atoms with Gasteiger partial charge in [-0.3, -0.25) is 4.79 Å². The van der Waals surface area contributed by atoms with Gasteiger partial charge in [-0.1, -0.05) is 42.5 Å². The van der Waals surface area contributed by atoms with Crippen molar-refractivity contribution in [1.29, 1.82) is 0 Å². The van der Waals surface area contributed by atoms with Crippen molar-refractivity contribution in [3.63, 3.8) is 0 Å². The molecule has 5 heteroatoms. The molecule has 1 aromatic heterocycles. The summed E-state index contributed by atoms with van der Waals surface area (Å²) in [4.78, 5) is 15.5. The Balaban J connectivity index is 1.55. The van der Waals surface area contributed by atoms with E-state index >= 15 is 0 Å². The predicted molar refractivity (Wildman–Crippen MR) is 89.5 cm³/mol. The molecule has 0 spiro atoms. The third-order valence-corrected chi connectivity index (χ3v) is 3.74. The normalized spacial score (nSPS) is 16.1. The fourth-order valence-electron chi connectivity index (χ4n) is 2.56. The van der Waals surface area contributed by atoms with Gasteiger partial charge in [0.2, 0.25) is 0 Å². The van der Waals surface area contributed by atoms with E-state index in [9.17, 15) is 4.79 Å². The first-order valence-electron chi connectivity index (χ1n) is 7.36. The number of carbonyl (C=O) groups excluding carboxylic acids is 1. The van der Waals surface area contributed by atoms with Crippen molar-refractivity contribution in [2.75, 3.05) is 0 Å². The molecule has 2 heterocycles. The zero-order chi connectivity index (χ0) is 15.6. The Hall–Kier alpha value is -3.21. The van der Waals surface area contributed by atoms with Crippen molar-refractivity contribution < 1.29 is 4.79 Å². The standard InChI is InChI=1S/C18H14N4O/c23-18(16-11-13-6-2-3-7-14(13)19-16)20-17-10-9-12-5-1-4-8-15(12)21-22-17/h1-11,17,19H,(H,20,23). The summed E-state index contributed by atoms with van der Waals surface area (Å²) in [5.74, 6) is -0.208. The van der Waals surface area contributed by atoms with Crippen LogP contribution in [0.2, 0.25) is 0 Å². The smallest absolute Gasteiger partial charge is 0.269 e. The number of carbonyl (C=O) groups is 1. The first-order chi connectivity index (χ1) is 11.3. The maximum Gasteiger partial charge on any atom is 0.269 e. The lowest BCUT2D eigenvalue weighted by Crippen LogP contribution is -2.31. The van der Waals surface area contributed by atoms with Crippen molar-refractivity contribution in [2.45, 2.75) is 6.17 Å². The van der Waals surface area contributed by atoms with Crippen molar-refractivity contribution in [3.8, 4) is 0 Å². The number of amides is 1. The molecule has 112 valence electrons. The number of hydrogen-bond donors (Lipinski definition) is 2. The molecule has 1 unspecified atom stereocenters. The van der Waals surface area contributed by atoms with Gasteiger partial charge in [-0.05, 0) is 24.3 Å². The molecule has 1 amide bonds. The Morgan fingerprint density at radius 3 is 2.83 bits per heavy atom. The Morgan fingerprint density at radius 1 is 1.09 bits per heavy atom. The van der Waals surface area contributed by atoms with E-state index in [-0.39, 0.29) is 5.91 Å². The number of nitrogens with zero attached hydrogens (tertiary/aromatic N) is 2. The van der Waals surface area contributed by atoms with Gasteiger partial charge in [0.25, 0.3) is 5.91 Å². The topological polar surface area (TPSA) is 69.6 Å². The second-order valence-corrected chi connectivity index (χ2v) is 5.32. The van der Waals surface area contributed by atoms with Crippen molar-refractivity contribution in [3.05, 3.63) is 71.9 Å². The fourth-order valence-corrected chi connectivity index (χ4v) is 2.56. The molecular formula is C18H14N4O. The van der Waals surface area contributed by atoms with Crippen LogP contribution in [0.1, 0.15) is 16.1 Å². The van der Waals surface area contributed by atoms with E-state index in [4.69, 9.17) is 0 Å². The Bertz CT molecular complexity index is 873. The Morgan fingerprint density at radius 2 is 1.91 bits per heavy atom. The van der Waals surface area contributed by atoms with E-state index < -0.39 is 6.17 Å². The van der Waals surface area contributed by atoms with Gasteiger partial charge in [-0.2, -0.15) is 10.2 Å². The van der Waals surface area contributed by atoms with E-state index in [1.54, 1.807) is 0 Å². The molecule has 0 bridgehead atoms. The summed E-state index contributed by atoms with van der Waals surface area (Å²) in [6.07, 6.45) is 3.27. The molecule has 1 atom stereocenters. The second-order valence-electron chi connectivity index (χ2n) is 5.32. The van der Waals surface area contributed by atoms with Gasteiger partial charge in [0.1, 0.15) is 5.69 Å². The summed E-state index contributed by atoms with van der Waals surface area (Å²) < 4.78 is 0. The van der Waals surface area contributed by atoms with E-state index in [0.717, 1.165) is 22.2 Å². The first-order valence-corrected chi connectivity index (χ1v) is 7.36. The van der Waals surface area contributed by atoms with Crippen LogP contribution in [0.4, 0.5) is 5.69 Å². The van der Waals surface area contributed by atoms with E-state index in [0.29, 0.717) is 5.69 Å².